The van der Waals surface area contributed by atoms with Crippen molar-refractivity contribution < 1.29 is 4.43 Å². The molecule has 0 heterocycles. The van der Waals surface area contributed by atoms with Gasteiger partial charge in [0, 0.05) is 10.0 Å². The third kappa shape index (κ3) is 4.65. The van der Waals surface area contributed by atoms with E-state index in [1.807, 2.05) is 0 Å². The Morgan fingerprint density at radius 3 is 2.35 bits per heavy atom. The summed E-state index contributed by atoms with van der Waals surface area (Å²) in [5.74, 6) is 0. The Balaban J connectivity index is 3.06. The number of alkyl halides is 1. The molecule has 0 bridgehead atoms. The molecule has 1 unspecified atom stereocenters. The molecule has 0 aliphatic carbocycles. The van der Waals surface area contributed by atoms with Crippen LogP contribution in [0.2, 0.25) is 13.1 Å². The number of rotatable bonds is 3. The lowest BCUT2D eigenvalue weighted by molar-refractivity contribution is 0.318. The SMILES string of the molecule is C[Si](C)OC(I)c1cc(C(C)(C)C)ccc1Br. The highest BCUT2D eigenvalue weighted by Crippen LogP contribution is 2.35. The first-order chi connectivity index (χ1) is 7.71. The second-order valence-corrected chi connectivity index (χ2v) is 9.37. The van der Waals surface area contributed by atoms with Crippen molar-refractivity contribution in [1.29, 1.82) is 0 Å². The highest BCUT2D eigenvalue weighted by Gasteiger charge is 2.19. The molecule has 1 aromatic rings. The van der Waals surface area contributed by atoms with Crippen molar-refractivity contribution in [2.75, 3.05) is 0 Å². The Hall–Kier alpha value is 0.607. The Morgan fingerprint density at radius 2 is 1.88 bits per heavy atom. The van der Waals surface area contributed by atoms with Gasteiger partial charge in [0.1, 0.15) is 4.11 Å². The second kappa shape index (κ2) is 6.17. The van der Waals surface area contributed by atoms with Crippen LogP contribution in [0.25, 0.3) is 0 Å². The van der Waals surface area contributed by atoms with Crippen LogP contribution in [0.15, 0.2) is 22.7 Å². The maximum atomic E-state index is 5.94. The van der Waals surface area contributed by atoms with E-state index in [-0.39, 0.29) is 9.53 Å². The van der Waals surface area contributed by atoms with E-state index in [4.69, 9.17) is 4.43 Å². The summed E-state index contributed by atoms with van der Waals surface area (Å²) < 4.78 is 7.21. The zero-order valence-corrected chi connectivity index (χ0v) is 15.7. The van der Waals surface area contributed by atoms with Crippen molar-refractivity contribution in [2.45, 2.75) is 43.4 Å². The largest absolute Gasteiger partial charge is 0.402 e. The average Bonchev–Trinajstić information content (AvgIpc) is 2.15. The topological polar surface area (TPSA) is 9.23 Å². The average molecular weight is 426 g/mol. The van der Waals surface area contributed by atoms with E-state index in [0.717, 1.165) is 4.47 Å². The van der Waals surface area contributed by atoms with Crippen molar-refractivity contribution in [2.24, 2.45) is 0 Å². The van der Waals surface area contributed by atoms with E-state index in [2.05, 4.69) is 90.6 Å². The van der Waals surface area contributed by atoms with Crippen LogP contribution >= 0.6 is 38.5 Å². The summed E-state index contributed by atoms with van der Waals surface area (Å²) in [4.78, 5) is 0. The lowest BCUT2D eigenvalue weighted by Crippen LogP contribution is -2.14. The van der Waals surface area contributed by atoms with E-state index in [1.54, 1.807) is 0 Å². The van der Waals surface area contributed by atoms with E-state index < -0.39 is 9.04 Å². The Bertz CT molecular complexity index is 387. The molecule has 1 radical (unpaired) electrons. The van der Waals surface area contributed by atoms with Crippen LogP contribution in [0.1, 0.15) is 36.0 Å². The van der Waals surface area contributed by atoms with Crippen molar-refractivity contribution in [1.82, 2.24) is 0 Å². The lowest BCUT2D eigenvalue weighted by atomic mass is 9.86. The predicted molar refractivity (Wildman–Crippen MR) is 88.2 cm³/mol. The molecular weight excluding hydrogens is 407 g/mol. The molecule has 1 atom stereocenters. The highest BCUT2D eigenvalue weighted by molar-refractivity contribution is 14.1. The van der Waals surface area contributed by atoms with E-state index in [1.165, 1.54) is 11.1 Å². The predicted octanol–water partition coefficient (Wildman–Crippen LogP) is 5.45. The molecule has 0 saturated heterocycles. The number of hydrogen-bond acceptors (Lipinski definition) is 1. The van der Waals surface area contributed by atoms with E-state index in [0.29, 0.717) is 0 Å². The van der Waals surface area contributed by atoms with Crippen LogP contribution in [0.4, 0.5) is 0 Å². The third-order valence-electron chi connectivity index (χ3n) is 2.45. The quantitative estimate of drug-likeness (QED) is 0.355. The first-order valence-corrected chi connectivity index (χ1v) is 10.1. The summed E-state index contributed by atoms with van der Waals surface area (Å²) in [6.07, 6.45) is 0. The summed E-state index contributed by atoms with van der Waals surface area (Å²) in [5.41, 5.74) is 2.77. The van der Waals surface area contributed by atoms with Gasteiger partial charge < -0.3 is 4.43 Å². The molecule has 0 aromatic heterocycles. The van der Waals surface area contributed by atoms with E-state index >= 15 is 0 Å². The summed E-state index contributed by atoms with van der Waals surface area (Å²) in [6, 6.07) is 6.56. The molecule has 0 saturated carbocycles. The molecule has 0 aliphatic heterocycles. The molecule has 1 aromatic carbocycles. The first-order valence-electron chi connectivity index (χ1n) is 5.62. The molecule has 0 amide bonds. The van der Waals surface area contributed by atoms with E-state index in [9.17, 15) is 0 Å². The molecule has 95 valence electrons. The van der Waals surface area contributed by atoms with Crippen molar-refractivity contribution >= 4 is 47.6 Å². The number of halogens is 2. The molecule has 1 rings (SSSR count). The van der Waals surface area contributed by atoms with Gasteiger partial charge in [0.05, 0.1) is 0 Å². The highest BCUT2D eigenvalue weighted by atomic mass is 127. The fraction of sp³-hybridized carbons (Fsp3) is 0.538. The van der Waals surface area contributed by atoms with Gasteiger partial charge in [0.15, 0.2) is 0 Å². The maximum Gasteiger partial charge on any atom is 0.206 e. The molecule has 17 heavy (non-hydrogen) atoms. The van der Waals surface area contributed by atoms with Gasteiger partial charge in [-0.25, -0.2) is 0 Å². The minimum Gasteiger partial charge on any atom is -0.402 e. The fourth-order valence-electron chi connectivity index (χ4n) is 1.45. The molecule has 0 fully saturated rings. The Labute approximate surface area is 128 Å². The van der Waals surface area contributed by atoms with Gasteiger partial charge in [0.25, 0.3) is 0 Å². The normalized spacial score (nSPS) is 14.1. The van der Waals surface area contributed by atoms with Gasteiger partial charge >= 0.3 is 0 Å². The molecule has 4 heteroatoms. The number of benzene rings is 1. The van der Waals surface area contributed by atoms with Crippen LogP contribution in [0.3, 0.4) is 0 Å². The molecule has 0 N–H and O–H groups in total. The van der Waals surface area contributed by atoms with Gasteiger partial charge in [0.2, 0.25) is 9.04 Å². The van der Waals surface area contributed by atoms with Gasteiger partial charge in [-0.05, 0) is 52.7 Å². The summed E-state index contributed by atoms with van der Waals surface area (Å²) in [7, 11) is -0.673. The monoisotopic (exact) mass is 425 g/mol. The summed E-state index contributed by atoms with van der Waals surface area (Å²) in [6.45, 7) is 11.0. The summed E-state index contributed by atoms with van der Waals surface area (Å²) in [5, 5.41) is 0. The van der Waals surface area contributed by atoms with Crippen molar-refractivity contribution in [3.63, 3.8) is 0 Å². The zero-order valence-electron chi connectivity index (χ0n) is 11.0. The van der Waals surface area contributed by atoms with Crippen LogP contribution < -0.4 is 0 Å². The minimum absolute atomic E-state index is 0.133. The Kier molecular flexibility index (Phi) is 5.68. The molecule has 1 nitrogen and oxygen atoms in total. The van der Waals surface area contributed by atoms with Crippen LogP contribution in [-0.2, 0) is 9.84 Å². The van der Waals surface area contributed by atoms with Crippen molar-refractivity contribution in [3.05, 3.63) is 33.8 Å². The molecular formula is C13H19BrIOSi. The van der Waals surface area contributed by atoms with Crippen molar-refractivity contribution in [3.8, 4) is 0 Å². The molecule has 0 spiro atoms. The Morgan fingerprint density at radius 1 is 1.29 bits per heavy atom. The summed E-state index contributed by atoms with van der Waals surface area (Å²) >= 11 is 5.98. The third-order valence-corrected chi connectivity index (χ3v) is 5.28. The minimum atomic E-state index is -0.673. The fourth-order valence-corrected chi connectivity index (χ4v) is 4.92. The lowest BCUT2D eigenvalue weighted by Gasteiger charge is -2.22. The van der Waals surface area contributed by atoms with Crippen LogP contribution in [0, 0.1) is 0 Å². The smallest absolute Gasteiger partial charge is 0.206 e. The first kappa shape index (κ1) is 15.7. The van der Waals surface area contributed by atoms with Gasteiger partial charge in [-0.3, -0.25) is 0 Å². The van der Waals surface area contributed by atoms with Crippen LogP contribution in [-0.4, -0.2) is 9.04 Å². The maximum absolute atomic E-state index is 5.94. The zero-order chi connectivity index (χ0) is 13.2. The molecule has 0 aliphatic rings. The standard InChI is InChI=1S/C13H19BrIOSi/c1-13(2,3)9-6-7-11(14)10(8-9)12(15)16-17(4)5/h6-8,12H,1-5H3. The second-order valence-electron chi connectivity index (χ2n) is 5.33. The van der Waals surface area contributed by atoms with Gasteiger partial charge in [-0.15, -0.1) is 0 Å². The van der Waals surface area contributed by atoms with Gasteiger partial charge in [-0.1, -0.05) is 48.8 Å². The number of hydrogen-bond donors (Lipinski definition) is 0. The van der Waals surface area contributed by atoms with Crippen LogP contribution in [0.5, 0.6) is 0 Å². The van der Waals surface area contributed by atoms with Gasteiger partial charge in [-0.2, -0.15) is 0 Å².